The Kier molecular flexibility index (Phi) is 4.29. The molecule has 0 aromatic heterocycles. The van der Waals surface area contributed by atoms with Gasteiger partial charge in [0.05, 0.1) is 17.8 Å². The Balaban J connectivity index is 3.49. The molecule has 0 aliphatic carbocycles. The third-order valence-corrected chi connectivity index (χ3v) is 5.84. The molecule has 3 N–H and O–H groups in total. The molecule has 0 amide bonds. The molecule has 0 saturated heterocycles. The third-order valence-electron chi connectivity index (χ3n) is 3.57. The normalized spacial score (nSPS) is 13.0. The van der Waals surface area contributed by atoms with Gasteiger partial charge in [0.2, 0.25) is 10.0 Å². The second kappa shape index (κ2) is 5.11. The van der Waals surface area contributed by atoms with Gasteiger partial charge in [-0.25, -0.2) is 8.42 Å². The zero-order valence-corrected chi connectivity index (χ0v) is 12.9. The zero-order chi connectivity index (χ0) is 15.0. The Labute approximate surface area is 115 Å². The molecule has 0 atom stereocenters. The molecule has 1 aromatic carbocycles. The van der Waals surface area contributed by atoms with Gasteiger partial charge in [0.25, 0.3) is 0 Å². The molecule has 0 heterocycles. The first-order valence-electron chi connectivity index (χ1n) is 6.01. The van der Waals surface area contributed by atoms with E-state index in [1.807, 2.05) is 6.92 Å². The lowest BCUT2D eigenvalue weighted by Crippen LogP contribution is -2.47. The SMILES string of the molecule is Cc1ccc(N)c(S(=O)(=O)N(C)C(C)(C)CO)c1C. The van der Waals surface area contributed by atoms with E-state index >= 15 is 0 Å². The summed E-state index contributed by atoms with van der Waals surface area (Å²) in [6.45, 7) is 6.62. The van der Waals surface area contributed by atoms with Gasteiger partial charge in [0.1, 0.15) is 4.90 Å². The second-order valence-corrected chi connectivity index (χ2v) is 7.27. The van der Waals surface area contributed by atoms with Gasteiger partial charge < -0.3 is 10.8 Å². The highest BCUT2D eigenvalue weighted by molar-refractivity contribution is 7.89. The molecule has 0 fully saturated rings. The van der Waals surface area contributed by atoms with Crippen LogP contribution in [0.1, 0.15) is 25.0 Å². The van der Waals surface area contributed by atoms with E-state index in [2.05, 4.69) is 0 Å². The van der Waals surface area contributed by atoms with Crippen LogP contribution in [0.25, 0.3) is 0 Å². The number of hydrogen-bond acceptors (Lipinski definition) is 4. The standard InChI is InChI=1S/C13H22N2O3S/c1-9-6-7-11(14)12(10(9)2)19(17,18)15(5)13(3,4)8-16/h6-7,16H,8,14H2,1-5H3. The first-order chi connectivity index (χ1) is 8.55. The molecule has 0 unspecified atom stereocenters. The summed E-state index contributed by atoms with van der Waals surface area (Å²) in [5.41, 5.74) is 6.67. The number of aliphatic hydroxyl groups excluding tert-OH is 1. The first kappa shape index (κ1) is 15.9. The zero-order valence-electron chi connectivity index (χ0n) is 12.1. The summed E-state index contributed by atoms with van der Waals surface area (Å²) >= 11 is 0. The maximum absolute atomic E-state index is 12.7. The highest BCUT2D eigenvalue weighted by Crippen LogP contribution is 2.30. The minimum absolute atomic E-state index is 0.122. The van der Waals surface area contributed by atoms with E-state index < -0.39 is 15.6 Å². The van der Waals surface area contributed by atoms with Crippen molar-refractivity contribution in [1.82, 2.24) is 4.31 Å². The lowest BCUT2D eigenvalue weighted by molar-refractivity contribution is 0.138. The van der Waals surface area contributed by atoms with Crippen LogP contribution < -0.4 is 5.73 Å². The predicted octanol–water partition coefficient (Wildman–Crippen LogP) is 1.28. The van der Waals surface area contributed by atoms with Crippen molar-refractivity contribution < 1.29 is 13.5 Å². The number of hydrogen-bond donors (Lipinski definition) is 2. The number of benzene rings is 1. The minimum atomic E-state index is -3.74. The van der Waals surface area contributed by atoms with Crippen LogP contribution in [-0.2, 0) is 10.0 Å². The van der Waals surface area contributed by atoms with Crippen LogP contribution >= 0.6 is 0 Å². The molecule has 0 aliphatic heterocycles. The Morgan fingerprint density at radius 2 is 1.84 bits per heavy atom. The van der Waals surface area contributed by atoms with Gasteiger partial charge in [-0.15, -0.1) is 0 Å². The third kappa shape index (κ3) is 2.75. The number of nitrogens with two attached hydrogens (primary N) is 1. The number of aliphatic hydroxyl groups is 1. The van der Waals surface area contributed by atoms with Crippen LogP contribution in [0.15, 0.2) is 17.0 Å². The van der Waals surface area contributed by atoms with Crippen LogP contribution in [0.2, 0.25) is 0 Å². The quantitative estimate of drug-likeness (QED) is 0.817. The van der Waals surface area contributed by atoms with Crippen LogP contribution in [0, 0.1) is 13.8 Å². The van der Waals surface area contributed by atoms with Crippen molar-refractivity contribution in [1.29, 1.82) is 0 Å². The van der Waals surface area contributed by atoms with Gasteiger partial charge in [-0.3, -0.25) is 0 Å². The summed E-state index contributed by atoms with van der Waals surface area (Å²) in [6.07, 6.45) is 0. The van der Waals surface area contributed by atoms with Crippen molar-refractivity contribution in [3.63, 3.8) is 0 Å². The van der Waals surface area contributed by atoms with Crippen LogP contribution in [0.3, 0.4) is 0 Å². The number of nitrogens with zero attached hydrogens (tertiary/aromatic N) is 1. The molecule has 19 heavy (non-hydrogen) atoms. The maximum Gasteiger partial charge on any atom is 0.245 e. The molecule has 0 spiro atoms. The fourth-order valence-electron chi connectivity index (χ4n) is 1.72. The molecule has 0 saturated carbocycles. The second-order valence-electron chi connectivity index (χ2n) is 5.37. The van der Waals surface area contributed by atoms with Crippen molar-refractivity contribution in [2.45, 2.75) is 38.1 Å². The molecule has 1 rings (SSSR count). The van der Waals surface area contributed by atoms with E-state index in [4.69, 9.17) is 5.73 Å². The van der Waals surface area contributed by atoms with Crippen LogP contribution in [-0.4, -0.2) is 37.0 Å². The van der Waals surface area contributed by atoms with Crippen LogP contribution in [0.5, 0.6) is 0 Å². The van der Waals surface area contributed by atoms with E-state index in [9.17, 15) is 13.5 Å². The summed E-state index contributed by atoms with van der Waals surface area (Å²) in [4.78, 5) is 0.122. The van der Waals surface area contributed by atoms with Crippen molar-refractivity contribution in [2.75, 3.05) is 19.4 Å². The fourth-order valence-corrected chi connectivity index (χ4v) is 3.61. The summed E-state index contributed by atoms with van der Waals surface area (Å²) < 4.78 is 26.5. The topological polar surface area (TPSA) is 83.6 Å². The Bertz CT molecular complexity index is 580. The average molecular weight is 286 g/mol. The van der Waals surface area contributed by atoms with E-state index in [-0.39, 0.29) is 17.2 Å². The summed E-state index contributed by atoms with van der Waals surface area (Å²) in [5, 5.41) is 9.33. The minimum Gasteiger partial charge on any atom is -0.398 e. The number of anilines is 1. The van der Waals surface area contributed by atoms with Gasteiger partial charge in [0, 0.05) is 7.05 Å². The molecular weight excluding hydrogens is 264 g/mol. The lowest BCUT2D eigenvalue weighted by Gasteiger charge is -2.33. The van der Waals surface area contributed by atoms with Crippen molar-refractivity contribution in [2.24, 2.45) is 0 Å². The molecule has 5 nitrogen and oxygen atoms in total. The summed E-state index contributed by atoms with van der Waals surface area (Å²) in [5.74, 6) is 0. The fraction of sp³-hybridized carbons (Fsp3) is 0.538. The molecule has 1 aromatic rings. The van der Waals surface area contributed by atoms with Gasteiger partial charge >= 0.3 is 0 Å². The van der Waals surface area contributed by atoms with Gasteiger partial charge in [0.15, 0.2) is 0 Å². The van der Waals surface area contributed by atoms with Crippen molar-refractivity contribution in [3.8, 4) is 0 Å². The maximum atomic E-state index is 12.7. The lowest BCUT2D eigenvalue weighted by atomic mass is 10.1. The predicted molar refractivity (Wildman–Crippen MR) is 76.4 cm³/mol. The van der Waals surface area contributed by atoms with Crippen molar-refractivity contribution in [3.05, 3.63) is 23.3 Å². The van der Waals surface area contributed by atoms with Gasteiger partial charge in [-0.1, -0.05) is 6.07 Å². The molecule has 0 bridgehead atoms. The van der Waals surface area contributed by atoms with Crippen LogP contribution in [0.4, 0.5) is 5.69 Å². The molecule has 108 valence electrons. The number of rotatable bonds is 4. The highest BCUT2D eigenvalue weighted by Gasteiger charge is 2.35. The van der Waals surface area contributed by atoms with Gasteiger partial charge in [-0.2, -0.15) is 4.31 Å². The highest BCUT2D eigenvalue weighted by atomic mass is 32.2. The van der Waals surface area contributed by atoms with E-state index in [1.54, 1.807) is 32.9 Å². The molecule has 6 heteroatoms. The summed E-state index contributed by atoms with van der Waals surface area (Å²) in [7, 11) is -2.29. The number of likely N-dealkylation sites (N-methyl/N-ethyl adjacent to an activating group) is 1. The largest absolute Gasteiger partial charge is 0.398 e. The molecule has 0 aliphatic rings. The Hall–Kier alpha value is -1.11. The smallest absolute Gasteiger partial charge is 0.245 e. The van der Waals surface area contributed by atoms with E-state index in [1.165, 1.54) is 7.05 Å². The first-order valence-corrected chi connectivity index (χ1v) is 7.45. The van der Waals surface area contributed by atoms with E-state index in [0.29, 0.717) is 5.56 Å². The Morgan fingerprint density at radius 1 is 1.32 bits per heavy atom. The number of aryl methyl sites for hydroxylation is 1. The molecule has 0 radical (unpaired) electrons. The van der Waals surface area contributed by atoms with Gasteiger partial charge in [-0.05, 0) is 44.9 Å². The van der Waals surface area contributed by atoms with E-state index in [0.717, 1.165) is 9.87 Å². The Morgan fingerprint density at radius 3 is 2.32 bits per heavy atom. The van der Waals surface area contributed by atoms with Crippen molar-refractivity contribution >= 4 is 15.7 Å². The summed E-state index contributed by atoms with van der Waals surface area (Å²) in [6, 6.07) is 3.38. The number of nitrogen functional groups attached to an aromatic ring is 1. The average Bonchev–Trinajstić information content (AvgIpc) is 2.33. The number of sulfonamides is 1. The monoisotopic (exact) mass is 286 g/mol. The molecular formula is C13H22N2O3S.